The minimum absolute atomic E-state index is 0.0890. The van der Waals surface area contributed by atoms with E-state index in [1.54, 1.807) is 0 Å². The first-order chi connectivity index (χ1) is 9.66. The van der Waals surface area contributed by atoms with Gasteiger partial charge in [0.05, 0.1) is 18.3 Å². The smallest absolute Gasteiger partial charge is 0.0948 e. The molecule has 0 saturated heterocycles. The van der Waals surface area contributed by atoms with Crippen molar-refractivity contribution in [1.82, 2.24) is 19.1 Å². The molecule has 5 heteroatoms. The van der Waals surface area contributed by atoms with Gasteiger partial charge in [-0.15, -0.1) is 0 Å². The number of nitrogens with zero attached hydrogens (tertiary/aromatic N) is 4. The molecule has 0 aromatic carbocycles. The summed E-state index contributed by atoms with van der Waals surface area (Å²) in [5, 5.41) is 0. The van der Waals surface area contributed by atoms with Crippen molar-refractivity contribution in [1.29, 1.82) is 0 Å². The van der Waals surface area contributed by atoms with E-state index in [4.69, 9.17) is 5.73 Å². The van der Waals surface area contributed by atoms with Crippen molar-refractivity contribution >= 4 is 0 Å². The van der Waals surface area contributed by atoms with Gasteiger partial charge in [-0.25, -0.2) is 9.97 Å². The van der Waals surface area contributed by atoms with Crippen LogP contribution in [0.4, 0.5) is 0 Å². The molecule has 20 heavy (non-hydrogen) atoms. The van der Waals surface area contributed by atoms with Crippen LogP contribution in [0.1, 0.15) is 44.8 Å². The van der Waals surface area contributed by atoms with Crippen molar-refractivity contribution in [3.05, 3.63) is 36.9 Å². The topological polar surface area (TPSA) is 61.7 Å². The van der Waals surface area contributed by atoms with Crippen LogP contribution >= 0.6 is 0 Å². The maximum Gasteiger partial charge on any atom is 0.0948 e. The lowest BCUT2D eigenvalue weighted by molar-refractivity contribution is 0.472. The summed E-state index contributed by atoms with van der Waals surface area (Å²) in [7, 11) is 0. The SMILES string of the molecule is CC(C)CC(N)c1cncn1CCCCn1ccnc1. The summed E-state index contributed by atoms with van der Waals surface area (Å²) in [6.07, 6.45) is 12.7. The normalized spacial score (nSPS) is 13.0. The Morgan fingerprint density at radius 1 is 1.15 bits per heavy atom. The fraction of sp³-hybridized carbons (Fsp3) is 0.600. The lowest BCUT2D eigenvalue weighted by Gasteiger charge is -2.16. The second-order valence-corrected chi connectivity index (χ2v) is 5.76. The maximum atomic E-state index is 6.25. The monoisotopic (exact) mass is 275 g/mol. The molecule has 1 unspecified atom stereocenters. The van der Waals surface area contributed by atoms with E-state index in [9.17, 15) is 0 Å². The maximum absolute atomic E-state index is 6.25. The minimum atomic E-state index is 0.0890. The van der Waals surface area contributed by atoms with Crippen LogP contribution < -0.4 is 5.73 Å². The van der Waals surface area contributed by atoms with E-state index < -0.39 is 0 Å². The highest BCUT2D eigenvalue weighted by molar-refractivity contribution is 5.04. The van der Waals surface area contributed by atoms with Gasteiger partial charge < -0.3 is 14.9 Å². The second-order valence-electron chi connectivity index (χ2n) is 5.76. The van der Waals surface area contributed by atoms with E-state index in [0.29, 0.717) is 5.92 Å². The molecule has 2 heterocycles. The first-order valence-corrected chi connectivity index (χ1v) is 7.38. The second kappa shape index (κ2) is 7.24. The third-order valence-electron chi connectivity index (χ3n) is 3.47. The number of aryl methyl sites for hydroxylation is 2. The van der Waals surface area contributed by atoms with Crippen LogP contribution in [0.15, 0.2) is 31.2 Å². The summed E-state index contributed by atoms with van der Waals surface area (Å²) in [6, 6.07) is 0.0890. The third kappa shape index (κ3) is 4.20. The van der Waals surface area contributed by atoms with Gasteiger partial charge in [0.2, 0.25) is 0 Å². The highest BCUT2D eigenvalue weighted by Crippen LogP contribution is 2.18. The van der Waals surface area contributed by atoms with Crippen LogP contribution in [0.3, 0.4) is 0 Å². The molecular weight excluding hydrogens is 250 g/mol. The van der Waals surface area contributed by atoms with Gasteiger partial charge in [-0.3, -0.25) is 0 Å². The molecule has 0 amide bonds. The number of hydrogen-bond acceptors (Lipinski definition) is 3. The number of rotatable bonds is 8. The van der Waals surface area contributed by atoms with Crippen LogP contribution in [-0.2, 0) is 13.1 Å². The Balaban J connectivity index is 1.79. The molecule has 0 bridgehead atoms. The number of aromatic nitrogens is 4. The van der Waals surface area contributed by atoms with Crippen molar-refractivity contribution in [2.24, 2.45) is 11.7 Å². The molecule has 5 nitrogen and oxygen atoms in total. The summed E-state index contributed by atoms with van der Waals surface area (Å²) >= 11 is 0. The number of imidazole rings is 2. The fourth-order valence-electron chi connectivity index (χ4n) is 2.45. The molecular formula is C15H25N5. The lowest BCUT2D eigenvalue weighted by atomic mass is 10.0. The molecule has 2 rings (SSSR count). The zero-order chi connectivity index (χ0) is 14.4. The fourth-order valence-corrected chi connectivity index (χ4v) is 2.45. The molecule has 0 fully saturated rings. The molecule has 0 saturated carbocycles. The molecule has 0 aliphatic carbocycles. The van der Waals surface area contributed by atoms with E-state index in [2.05, 4.69) is 32.9 Å². The Bertz CT molecular complexity index is 486. The Kier molecular flexibility index (Phi) is 5.35. The van der Waals surface area contributed by atoms with E-state index in [0.717, 1.165) is 38.0 Å². The molecule has 110 valence electrons. The number of hydrogen-bond donors (Lipinski definition) is 1. The van der Waals surface area contributed by atoms with Crippen LogP contribution in [0.25, 0.3) is 0 Å². The first-order valence-electron chi connectivity index (χ1n) is 7.38. The highest BCUT2D eigenvalue weighted by atomic mass is 15.1. The van der Waals surface area contributed by atoms with Gasteiger partial charge in [-0.1, -0.05) is 13.8 Å². The van der Waals surface area contributed by atoms with E-state index in [1.807, 2.05) is 31.2 Å². The van der Waals surface area contributed by atoms with Gasteiger partial charge in [0, 0.05) is 37.7 Å². The van der Waals surface area contributed by atoms with Gasteiger partial charge >= 0.3 is 0 Å². The first kappa shape index (κ1) is 14.8. The zero-order valence-corrected chi connectivity index (χ0v) is 12.4. The average Bonchev–Trinajstić information content (AvgIpc) is 3.05. The van der Waals surface area contributed by atoms with Gasteiger partial charge in [0.1, 0.15) is 0 Å². The van der Waals surface area contributed by atoms with E-state index in [-0.39, 0.29) is 6.04 Å². The molecule has 2 N–H and O–H groups in total. The standard InChI is InChI=1S/C15H25N5/c1-13(2)9-14(16)15-10-18-12-20(15)7-4-3-6-19-8-5-17-11-19/h5,8,10-14H,3-4,6-7,9,16H2,1-2H3. The molecule has 2 aromatic rings. The van der Waals surface area contributed by atoms with Crippen LogP contribution in [0, 0.1) is 5.92 Å². The Morgan fingerprint density at radius 2 is 1.95 bits per heavy atom. The largest absolute Gasteiger partial charge is 0.337 e. The van der Waals surface area contributed by atoms with Crippen LogP contribution in [0.5, 0.6) is 0 Å². The Labute approximate surface area is 120 Å². The summed E-state index contributed by atoms with van der Waals surface area (Å²) < 4.78 is 4.31. The lowest BCUT2D eigenvalue weighted by Crippen LogP contribution is -2.17. The van der Waals surface area contributed by atoms with Gasteiger partial charge in [-0.2, -0.15) is 0 Å². The molecule has 1 atom stereocenters. The number of nitrogens with two attached hydrogens (primary N) is 1. The van der Waals surface area contributed by atoms with Crippen molar-refractivity contribution in [2.75, 3.05) is 0 Å². The zero-order valence-electron chi connectivity index (χ0n) is 12.4. The predicted molar refractivity (Wildman–Crippen MR) is 80.1 cm³/mol. The van der Waals surface area contributed by atoms with Crippen molar-refractivity contribution in [3.8, 4) is 0 Å². The predicted octanol–water partition coefficient (Wildman–Crippen LogP) is 2.61. The van der Waals surface area contributed by atoms with Crippen LogP contribution in [0.2, 0.25) is 0 Å². The highest BCUT2D eigenvalue weighted by Gasteiger charge is 2.12. The van der Waals surface area contributed by atoms with E-state index in [1.165, 1.54) is 0 Å². The molecule has 0 radical (unpaired) electrons. The quantitative estimate of drug-likeness (QED) is 0.753. The van der Waals surface area contributed by atoms with Gasteiger partial charge in [0.15, 0.2) is 0 Å². The molecule has 2 aromatic heterocycles. The Hall–Kier alpha value is -1.62. The summed E-state index contributed by atoms with van der Waals surface area (Å²) in [4.78, 5) is 8.29. The third-order valence-corrected chi connectivity index (χ3v) is 3.47. The van der Waals surface area contributed by atoms with Gasteiger partial charge in [-0.05, 0) is 25.2 Å². The summed E-state index contributed by atoms with van der Waals surface area (Å²) in [5.41, 5.74) is 7.40. The number of unbranched alkanes of at least 4 members (excludes halogenated alkanes) is 1. The van der Waals surface area contributed by atoms with Gasteiger partial charge in [0.25, 0.3) is 0 Å². The van der Waals surface area contributed by atoms with Crippen molar-refractivity contribution in [3.63, 3.8) is 0 Å². The molecule has 0 aliphatic heterocycles. The summed E-state index contributed by atoms with van der Waals surface area (Å²) in [5.74, 6) is 0.606. The van der Waals surface area contributed by atoms with Crippen molar-refractivity contribution in [2.45, 2.75) is 52.2 Å². The molecule has 0 spiro atoms. The molecule has 0 aliphatic rings. The minimum Gasteiger partial charge on any atom is -0.337 e. The summed E-state index contributed by atoms with van der Waals surface area (Å²) in [6.45, 7) is 6.40. The van der Waals surface area contributed by atoms with Crippen LogP contribution in [-0.4, -0.2) is 19.1 Å². The average molecular weight is 275 g/mol. The Morgan fingerprint density at radius 3 is 2.65 bits per heavy atom. The van der Waals surface area contributed by atoms with Crippen molar-refractivity contribution < 1.29 is 0 Å². The van der Waals surface area contributed by atoms with E-state index >= 15 is 0 Å².